The van der Waals surface area contributed by atoms with Gasteiger partial charge in [0.2, 0.25) is 5.88 Å². The molecule has 1 unspecified atom stereocenters. The van der Waals surface area contributed by atoms with Gasteiger partial charge in [-0.2, -0.15) is 4.98 Å². The largest absolute Gasteiger partial charge is 0.479 e. The van der Waals surface area contributed by atoms with Gasteiger partial charge in [0.15, 0.2) is 0 Å². The predicted octanol–water partition coefficient (Wildman–Crippen LogP) is 1.57. The zero-order valence-corrected chi connectivity index (χ0v) is 11.1. The third-order valence-electron chi connectivity index (χ3n) is 3.51. The number of rotatable bonds is 5. The number of pyridine rings is 1. The number of anilines is 2. The van der Waals surface area contributed by atoms with E-state index >= 15 is 0 Å². The van der Waals surface area contributed by atoms with Gasteiger partial charge in [0, 0.05) is 12.6 Å². The molecule has 1 aromatic heterocycles. The fourth-order valence-electron chi connectivity index (χ4n) is 2.48. The van der Waals surface area contributed by atoms with Crippen molar-refractivity contribution in [1.82, 2.24) is 9.88 Å². The maximum atomic E-state index is 5.74. The van der Waals surface area contributed by atoms with Crippen LogP contribution in [-0.2, 0) is 0 Å². The lowest BCUT2D eigenvalue weighted by molar-refractivity contribution is 0.277. The molecule has 2 heterocycles. The Kier molecular flexibility index (Phi) is 4.25. The molecule has 1 aliphatic heterocycles. The molecule has 0 amide bonds. The van der Waals surface area contributed by atoms with E-state index in [-0.39, 0.29) is 0 Å². The third kappa shape index (κ3) is 2.85. The van der Waals surface area contributed by atoms with Gasteiger partial charge < -0.3 is 15.8 Å². The number of nitrogens with one attached hydrogen (secondary N) is 1. The second kappa shape index (κ2) is 5.91. The quantitative estimate of drug-likeness (QED) is 0.830. The highest BCUT2D eigenvalue weighted by atomic mass is 16.5. The van der Waals surface area contributed by atoms with E-state index in [9.17, 15) is 0 Å². The van der Waals surface area contributed by atoms with Crippen molar-refractivity contribution in [3.05, 3.63) is 12.1 Å². The van der Waals surface area contributed by atoms with Crippen LogP contribution in [0.25, 0.3) is 0 Å². The molecule has 0 radical (unpaired) electrons. The Balaban J connectivity index is 1.93. The van der Waals surface area contributed by atoms with Gasteiger partial charge in [0.05, 0.1) is 12.8 Å². The molecule has 0 spiro atoms. The summed E-state index contributed by atoms with van der Waals surface area (Å²) in [7, 11) is 1.58. The highest BCUT2D eigenvalue weighted by Gasteiger charge is 2.22. The Hall–Kier alpha value is -1.49. The number of nitrogens with two attached hydrogens (primary N) is 1. The minimum Gasteiger partial charge on any atom is -0.479 e. The molecule has 1 fully saturated rings. The lowest BCUT2D eigenvalue weighted by Crippen LogP contribution is -2.34. The standard InChI is InChI=1S/C13H22N4O/c1-3-17-8-4-5-10(17)9-15-12-7-6-11(14)13(16-12)18-2/h6-7,10H,3-5,8-9,14H2,1-2H3,(H,15,16). The molecule has 2 rings (SSSR count). The van der Waals surface area contributed by atoms with Crippen LogP contribution in [-0.4, -0.2) is 42.7 Å². The first-order valence-corrected chi connectivity index (χ1v) is 6.53. The molecule has 18 heavy (non-hydrogen) atoms. The zero-order valence-electron chi connectivity index (χ0n) is 11.1. The van der Waals surface area contributed by atoms with Crippen LogP contribution in [0.15, 0.2) is 12.1 Å². The van der Waals surface area contributed by atoms with Crippen LogP contribution in [0.5, 0.6) is 5.88 Å². The number of nitrogens with zero attached hydrogens (tertiary/aromatic N) is 2. The highest BCUT2D eigenvalue weighted by molar-refractivity contribution is 5.53. The van der Waals surface area contributed by atoms with E-state index in [2.05, 4.69) is 22.1 Å². The summed E-state index contributed by atoms with van der Waals surface area (Å²) in [4.78, 5) is 6.83. The SMILES string of the molecule is CCN1CCCC1CNc1ccc(N)c(OC)n1. The fourth-order valence-corrected chi connectivity index (χ4v) is 2.48. The molecule has 1 saturated heterocycles. The number of methoxy groups -OCH3 is 1. The number of likely N-dealkylation sites (tertiary alicyclic amines) is 1. The number of hydrogen-bond acceptors (Lipinski definition) is 5. The van der Waals surface area contributed by atoms with E-state index in [0.717, 1.165) is 18.9 Å². The van der Waals surface area contributed by atoms with Gasteiger partial charge in [-0.05, 0) is 38.1 Å². The molecule has 1 atom stereocenters. The van der Waals surface area contributed by atoms with E-state index < -0.39 is 0 Å². The van der Waals surface area contributed by atoms with E-state index in [1.807, 2.05) is 12.1 Å². The topological polar surface area (TPSA) is 63.4 Å². The lowest BCUT2D eigenvalue weighted by atomic mass is 10.2. The van der Waals surface area contributed by atoms with E-state index in [1.54, 1.807) is 7.11 Å². The lowest BCUT2D eigenvalue weighted by Gasteiger charge is -2.23. The van der Waals surface area contributed by atoms with Crippen LogP contribution in [0, 0.1) is 0 Å². The number of nitrogen functional groups attached to an aromatic ring is 1. The first-order valence-electron chi connectivity index (χ1n) is 6.53. The van der Waals surface area contributed by atoms with Crippen molar-refractivity contribution in [3.8, 4) is 5.88 Å². The number of likely N-dealkylation sites (N-methyl/N-ethyl adjacent to an activating group) is 1. The average Bonchev–Trinajstić information content (AvgIpc) is 2.85. The second-order valence-electron chi connectivity index (χ2n) is 4.60. The van der Waals surface area contributed by atoms with Gasteiger partial charge in [-0.25, -0.2) is 0 Å². The number of ether oxygens (including phenoxy) is 1. The van der Waals surface area contributed by atoms with E-state index in [1.165, 1.54) is 19.4 Å². The molecule has 1 aromatic rings. The maximum absolute atomic E-state index is 5.74. The van der Waals surface area contributed by atoms with E-state index in [0.29, 0.717) is 17.6 Å². The summed E-state index contributed by atoms with van der Waals surface area (Å²) in [6.07, 6.45) is 2.55. The molecule has 5 heteroatoms. The Bertz CT molecular complexity index is 397. The normalized spacial score (nSPS) is 20.0. The Morgan fingerprint density at radius 3 is 3.11 bits per heavy atom. The summed E-state index contributed by atoms with van der Waals surface area (Å²) in [6, 6.07) is 4.32. The first kappa shape index (κ1) is 13.0. The smallest absolute Gasteiger partial charge is 0.238 e. The van der Waals surface area contributed by atoms with Crippen molar-refractivity contribution >= 4 is 11.5 Å². The summed E-state index contributed by atoms with van der Waals surface area (Å²) >= 11 is 0. The molecular weight excluding hydrogens is 228 g/mol. The fraction of sp³-hybridized carbons (Fsp3) is 0.615. The minimum absolute atomic E-state index is 0.485. The first-order chi connectivity index (χ1) is 8.74. The van der Waals surface area contributed by atoms with Gasteiger partial charge in [0.1, 0.15) is 5.82 Å². The van der Waals surface area contributed by atoms with Gasteiger partial charge in [-0.15, -0.1) is 0 Å². The average molecular weight is 250 g/mol. The molecule has 5 nitrogen and oxygen atoms in total. The summed E-state index contributed by atoms with van der Waals surface area (Å²) in [5, 5.41) is 3.36. The van der Waals surface area contributed by atoms with Crippen molar-refractivity contribution in [1.29, 1.82) is 0 Å². The van der Waals surface area contributed by atoms with Crippen molar-refractivity contribution in [2.45, 2.75) is 25.8 Å². The van der Waals surface area contributed by atoms with Crippen molar-refractivity contribution in [2.75, 3.05) is 37.8 Å². The summed E-state index contributed by atoms with van der Waals surface area (Å²) in [5.74, 6) is 1.31. The van der Waals surface area contributed by atoms with E-state index in [4.69, 9.17) is 10.5 Å². The summed E-state index contributed by atoms with van der Waals surface area (Å²) in [5.41, 5.74) is 6.31. The molecule has 1 aliphatic rings. The second-order valence-corrected chi connectivity index (χ2v) is 4.60. The number of aromatic nitrogens is 1. The molecule has 3 N–H and O–H groups in total. The molecule has 0 aromatic carbocycles. The van der Waals surface area contributed by atoms with Crippen molar-refractivity contribution in [2.24, 2.45) is 0 Å². The van der Waals surface area contributed by atoms with Gasteiger partial charge in [-0.3, -0.25) is 4.90 Å². The highest BCUT2D eigenvalue weighted by Crippen LogP contribution is 2.21. The van der Waals surface area contributed by atoms with Crippen LogP contribution in [0.3, 0.4) is 0 Å². The summed E-state index contributed by atoms with van der Waals surface area (Å²) < 4.78 is 5.11. The monoisotopic (exact) mass is 250 g/mol. The van der Waals surface area contributed by atoms with Crippen LogP contribution in [0.2, 0.25) is 0 Å². The van der Waals surface area contributed by atoms with Gasteiger partial charge >= 0.3 is 0 Å². The predicted molar refractivity (Wildman–Crippen MR) is 74.0 cm³/mol. The molecule has 0 aliphatic carbocycles. The van der Waals surface area contributed by atoms with Gasteiger partial charge in [-0.1, -0.05) is 6.92 Å². The van der Waals surface area contributed by atoms with Crippen LogP contribution >= 0.6 is 0 Å². The maximum Gasteiger partial charge on any atom is 0.238 e. The zero-order chi connectivity index (χ0) is 13.0. The molecule has 0 saturated carbocycles. The number of hydrogen-bond donors (Lipinski definition) is 2. The molecule has 100 valence electrons. The van der Waals surface area contributed by atoms with Crippen molar-refractivity contribution in [3.63, 3.8) is 0 Å². The van der Waals surface area contributed by atoms with Crippen LogP contribution < -0.4 is 15.8 Å². The van der Waals surface area contributed by atoms with Gasteiger partial charge in [0.25, 0.3) is 0 Å². The Morgan fingerprint density at radius 1 is 1.56 bits per heavy atom. The molecular formula is C13H22N4O. The minimum atomic E-state index is 0.485. The Morgan fingerprint density at radius 2 is 2.39 bits per heavy atom. The molecule has 0 bridgehead atoms. The Labute approximate surface area is 108 Å². The third-order valence-corrected chi connectivity index (χ3v) is 3.51. The van der Waals surface area contributed by atoms with Crippen LogP contribution in [0.4, 0.5) is 11.5 Å². The van der Waals surface area contributed by atoms with Crippen molar-refractivity contribution < 1.29 is 4.74 Å². The van der Waals surface area contributed by atoms with Crippen LogP contribution in [0.1, 0.15) is 19.8 Å². The summed E-state index contributed by atoms with van der Waals surface area (Å²) in [6.45, 7) is 5.46.